The van der Waals surface area contributed by atoms with Crippen LogP contribution in [-0.2, 0) is 22.6 Å². The highest BCUT2D eigenvalue weighted by molar-refractivity contribution is 5.88. The van der Waals surface area contributed by atoms with Crippen LogP contribution in [0.15, 0.2) is 36.5 Å². The number of pyridine rings is 1. The van der Waals surface area contributed by atoms with Crippen molar-refractivity contribution in [1.82, 2.24) is 20.5 Å². The van der Waals surface area contributed by atoms with Crippen LogP contribution in [0, 0.1) is 11.6 Å². The summed E-state index contributed by atoms with van der Waals surface area (Å²) in [5, 5.41) is 5.49. The highest BCUT2D eigenvalue weighted by Crippen LogP contribution is 2.12. The normalized spacial score (nSPS) is 12.3. The van der Waals surface area contributed by atoms with Gasteiger partial charge in [-0.2, -0.15) is 0 Å². The molecule has 32 heavy (non-hydrogen) atoms. The molecule has 0 bridgehead atoms. The molecule has 1 aromatic heterocycles. The molecule has 9 heteroatoms. The minimum absolute atomic E-state index is 0.0120. The van der Waals surface area contributed by atoms with Crippen molar-refractivity contribution in [3.8, 4) is 0 Å². The van der Waals surface area contributed by atoms with E-state index in [9.17, 15) is 18.4 Å². The second kappa shape index (κ2) is 11.5. The van der Waals surface area contributed by atoms with Gasteiger partial charge >= 0.3 is 0 Å². The van der Waals surface area contributed by atoms with Crippen LogP contribution in [0.2, 0.25) is 0 Å². The number of nitrogens with two attached hydrogens (primary N) is 1. The molecule has 0 aliphatic heterocycles. The molecule has 0 spiro atoms. The number of nitrogen functional groups attached to an aromatic ring is 1. The van der Waals surface area contributed by atoms with Crippen LogP contribution >= 0.6 is 0 Å². The summed E-state index contributed by atoms with van der Waals surface area (Å²) in [7, 11) is 0. The van der Waals surface area contributed by atoms with E-state index in [1.807, 2.05) is 32.6 Å². The van der Waals surface area contributed by atoms with Gasteiger partial charge in [-0.3, -0.25) is 14.5 Å². The van der Waals surface area contributed by atoms with Crippen molar-refractivity contribution in [3.63, 3.8) is 0 Å². The SMILES string of the molecule is CC(C)N(CC(=O)N[C@@H](Cc1ccc(F)c(F)c1)C(=O)NCc1ccc(N)nc1)C(C)C. The maximum absolute atomic E-state index is 13.7. The van der Waals surface area contributed by atoms with Gasteiger partial charge < -0.3 is 16.4 Å². The molecule has 1 atom stereocenters. The minimum Gasteiger partial charge on any atom is -0.384 e. The van der Waals surface area contributed by atoms with Crippen LogP contribution in [-0.4, -0.2) is 46.4 Å². The Bertz CT molecular complexity index is 911. The molecule has 0 saturated heterocycles. The number of carbonyl (C=O) groups excluding carboxylic acids is 2. The van der Waals surface area contributed by atoms with E-state index < -0.39 is 23.6 Å². The summed E-state index contributed by atoms with van der Waals surface area (Å²) in [5.74, 6) is -2.39. The molecule has 1 aromatic carbocycles. The molecule has 1 heterocycles. The number of carbonyl (C=O) groups is 2. The fourth-order valence-corrected chi connectivity index (χ4v) is 3.33. The molecule has 174 valence electrons. The van der Waals surface area contributed by atoms with Crippen LogP contribution in [0.5, 0.6) is 0 Å². The molecule has 7 nitrogen and oxygen atoms in total. The molecule has 2 rings (SSSR count). The monoisotopic (exact) mass is 447 g/mol. The van der Waals surface area contributed by atoms with Crippen molar-refractivity contribution >= 4 is 17.6 Å². The third-order valence-corrected chi connectivity index (χ3v) is 5.04. The number of rotatable bonds is 10. The highest BCUT2D eigenvalue weighted by atomic mass is 19.2. The van der Waals surface area contributed by atoms with Crippen molar-refractivity contribution < 1.29 is 18.4 Å². The fraction of sp³-hybridized carbons (Fsp3) is 0.435. The first-order valence-corrected chi connectivity index (χ1v) is 10.5. The molecule has 0 fully saturated rings. The van der Waals surface area contributed by atoms with Crippen molar-refractivity contribution in [2.75, 3.05) is 12.3 Å². The Hall–Kier alpha value is -3.07. The molecule has 0 radical (unpaired) electrons. The number of hydrogen-bond acceptors (Lipinski definition) is 5. The summed E-state index contributed by atoms with van der Waals surface area (Å²) in [6, 6.07) is 6.08. The van der Waals surface area contributed by atoms with Gasteiger partial charge in [-0.1, -0.05) is 12.1 Å². The first-order valence-electron chi connectivity index (χ1n) is 10.5. The third-order valence-electron chi connectivity index (χ3n) is 5.04. The van der Waals surface area contributed by atoms with Crippen molar-refractivity contribution in [2.45, 2.75) is 58.8 Å². The van der Waals surface area contributed by atoms with E-state index in [0.717, 1.165) is 17.7 Å². The van der Waals surface area contributed by atoms with Crippen LogP contribution in [0.25, 0.3) is 0 Å². The zero-order chi connectivity index (χ0) is 23.8. The first-order chi connectivity index (χ1) is 15.1. The Morgan fingerprint density at radius 3 is 2.25 bits per heavy atom. The molecule has 2 aromatic rings. The zero-order valence-corrected chi connectivity index (χ0v) is 18.9. The van der Waals surface area contributed by atoms with E-state index >= 15 is 0 Å². The second-order valence-corrected chi connectivity index (χ2v) is 8.24. The van der Waals surface area contributed by atoms with Crippen LogP contribution < -0.4 is 16.4 Å². The molecule has 2 amide bonds. The lowest BCUT2D eigenvalue weighted by molar-refractivity contribution is -0.130. The Morgan fingerprint density at radius 2 is 1.69 bits per heavy atom. The lowest BCUT2D eigenvalue weighted by Gasteiger charge is -2.30. The van der Waals surface area contributed by atoms with E-state index in [1.165, 1.54) is 6.07 Å². The van der Waals surface area contributed by atoms with E-state index in [-0.39, 0.29) is 37.5 Å². The molecular formula is C23H31F2N5O2. The number of anilines is 1. The minimum atomic E-state index is -1.01. The number of aromatic nitrogens is 1. The second-order valence-electron chi connectivity index (χ2n) is 8.24. The first kappa shape index (κ1) is 25.2. The van der Waals surface area contributed by atoms with Crippen molar-refractivity contribution in [2.24, 2.45) is 0 Å². The van der Waals surface area contributed by atoms with E-state index in [0.29, 0.717) is 11.4 Å². The van der Waals surface area contributed by atoms with Crippen molar-refractivity contribution in [1.29, 1.82) is 0 Å². The number of halogens is 2. The average molecular weight is 448 g/mol. The Kier molecular flexibility index (Phi) is 9.07. The van der Waals surface area contributed by atoms with Crippen LogP contribution in [0.1, 0.15) is 38.8 Å². The van der Waals surface area contributed by atoms with Crippen LogP contribution in [0.4, 0.5) is 14.6 Å². The van der Waals surface area contributed by atoms with Gasteiger partial charge in [0.25, 0.3) is 0 Å². The van der Waals surface area contributed by atoms with Gasteiger partial charge in [-0.15, -0.1) is 0 Å². The Balaban J connectivity index is 2.13. The molecule has 0 aliphatic rings. The van der Waals surface area contributed by atoms with Gasteiger partial charge in [-0.05, 0) is 57.0 Å². The lowest BCUT2D eigenvalue weighted by atomic mass is 10.0. The summed E-state index contributed by atoms with van der Waals surface area (Å²) in [6.07, 6.45) is 1.56. The summed E-state index contributed by atoms with van der Waals surface area (Å²) in [5.41, 5.74) is 6.69. The fourth-order valence-electron chi connectivity index (χ4n) is 3.33. The maximum atomic E-state index is 13.7. The number of hydrogen-bond donors (Lipinski definition) is 3. The number of benzene rings is 1. The maximum Gasteiger partial charge on any atom is 0.243 e. The van der Waals surface area contributed by atoms with Gasteiger partial charge in [0.2, 0.25) is 11.8 Å². The Labute approximate surface area is 187 Å². The quantitative estimate of drug-likeness (QED) is 0.519. The van der Waals surface area contributed by atoms with Gasteiger partial charge in [0, 0.05) is 31.2 Å². The predicted molar refractivity (Wildman–Crippen MR) is 119 cm³/mol. The van der Waals surface area contributed by atoms with E-state index in [2.05, 4.69) is 15.6 Å². The zero-order valence-electron chi connectivity index (χ0n) is 18.9. The third kappa shape index (κ3) is 7.56. The molecule has 0 saturated carbocycles. The summed E-state index contributed by atoms with van der Waals surface area (Å²) < 4.78 is 27.0. The number of nitrogens with zero attached hydrogens (tertiary/aromatic N) is 2. The van der Waals surface area contributed by atoms with E-state index in [1.54, 1.807) is 18.3 Å². The average Bonchev–Trinajstić information content (AvgIpc) is 2.73. The van der Waals surface area contributed by atoms with Gasteiger partial charge in [0.05, 0.1) is 6.54 Å². The summed E-state index contributed by atoms with van der Waals surface area (Å²) >= 11 is 0. The number of nitrogens with one attached hydrogen (secondary N) is 2. The molecule has 4 N–H and O–H groups in total. The Morgan fingerprint density at radius 1 is 1.03 bits per heavy atom. The molecule has 0 aliphatic carbocycles. The van der Waals surface area contributed by atoms with Gasteiger partial charge in [-0.25, -0.2) is 13.8 Å². The highest BCUT2D eigenvalue weighted by Gasteiger charge is 2.24. The van der Waals surface area contributed by atoms with Crippen LogP contribution in [0.3, 0.4) is 0 Å². The van der Waals surface area contributed by atoms with Gasteiger partial charge in [0.1, 0.15) is 11.9 Å². The molecular weight excluding hydrogens is 416 g/mol. The molecule has 0 unspecified atom stereocenters. The largest absolute Gasteiger partial charge is 0.384 e. The van der Waals surface area contributed by atoms with E-state index in [4.69, 9.17) is 5.73 Å². The number of amides is 2. The predicted octanol–water partition coefficient (Wildman–Crippen LogP) is 2.40. The van der Waals surface area contributed by atoms with Crippen molar-refractivity contribution in [3.05, 3.63) is 59.3 Å². The van der Waals surface area contributed by atoms with Gasteiger partial charge in [0.15, 0.2) is 11.6 Å². The topological polar surface area (TPSA) is 100 Å². The smallest absolute Gasteiger partial charge is 0.243 e. The summed E-state index contributed by atoms with van der Waals surface area (Å²) in [4.78, 5) is 31.5. The standard InChI is InChI=1S/C23H31F2N5O2/c1-14(2)30(15(3)4)13-22(31)29-20(10-16-5-7-18(24)19(25)9-16)23(32)28-12-17-6-8-21(26)27-11-17/h5-9,11,14-15,20H,10,12-13H2,1-4H3,(H2,26,27)(H,28,32)(H,29,31)/t20-/m0/s1. The summed E-state index contributed by atoms with van der Waals surface area (Å²) in [6.45, 7) is 8.23. The lowest BCUT2D eigenvalue weighted by Crippen LogP contribution is -2.52.